The second kappa shape index (κ2) is 10.8. The molecule has 0 heterocycles. The normalized spacial score (nSPS) is 11.8. The van der Waals surface area contributed by atoms with Crippen LogP contribution in [0.3, 0.4) is 0 Å². The molecular weight excluding hydrogens is 268 g/mol. The topological polar surface area (TPSA) is 20.2 Å². The lowest BCUT2D eigenvalue weighted by molar-refractivity contribution is 0.0105. The first-order valence-corrected chi connectivity index (χ1v) is 9.43. The Morgan fingerprint density at radius 3 is 1.86 bits per heavy atom. The average molecular weight is 305 g/mol. The van der Waals surface area contributed by atoms with Gasteiger partial charge in [0.25, 0.3) is 0 Å². The largest absolute Gasteiger partial charge is 0.390 e. The van der Waals surface area contributed by atoms with E-state index in [0.717, 1.165) is 38.5 Å². The summed E-state index contributed by atoms with van der Waals surface area (Å²) >= 11 is 0. The SMILES string of the molecule is CCCCc1cccc(CCC(O)(CCCC)CCCC)c1. The molecule has 0 amide bonds. The lowest BCUT2D eigenvalue weighted by atomic mass is 9.85. The van der Waals surface area contributed by atoms with Crippen LogP contribution in [-0.4, -0.2) is 10.7 Å². The quantitative estimate of drug-likeness (QED) is 0.496. The minimum Gasteiger partial charge on any atom is -0.390 e. The zero-order valence-electron chi connectivity index (χ0n) is 15.0. The van der Waals surface area contributed by atoms with E-state index in [2.05, 4.69) is 45.0 Å². The van der Waals surface area contributed by atoms with E-state index in [1.165, 1.54) is 43.2 Å². The molecule has 1 aromatic rings. The summed E-state index contributed by atoms with van der Waals surface area (Å²) < 4.78 is 0. The van der Waals surface area contributed by atoms with Crippen molar-refractivity contribution < 1.29 is 5.11 Å². The van der Waals surface area contributed by atoms with Crippen LogP contribution in [-0.2, 0) is 12.8 Å². The Kier molecular flexibility index (Phi) is 9.47. The fourth-order valence-electron chi connectivity index (χ4n) is 3.09. The number of rotatable bonds is 12. The van der Waals surface area contributed by atoms with E-state index in [1.807, 2.05) is 0 Å². The molecule has 0 bridgehead atoms. The maximum absolute atomic E-state index is 10.9. The van der Waals surface area contributed by atoms with E-state index in [0.29, 0.717) is 0 Å². The van der Waals surface area contributed by atoms with Crippen molar-refractivity contribution in [2.45, 2.75) is 97.0 Å². The van der Waals surface area contributed by atoms with Gasteiger partial charge in [0.15, 0.2) is 0 Å². The van der Waals surface area contributed by atoms with Crippen molar-refractivity contribution in [3.8, 4) is 0 Å². The highest BCUT2D eigenvalue weighted by Gasteiger charge is 2.25. The first-order valence-electron chi connectivity index (χ1n) is 9.43. The molecule has 0 aliphatic heterocycles. The predicted molar refractivity (Wildman–Crippen MR) is 97.4 cm³/mol. The van der Waals surface area contributed by atoms with Gasteiger partial charge >= 0.3 is 0 Å². The molecule has 0 radical (unpaired) electrons. The van der Waals surface area contributed by atoms with E-state index in [9.17, 15) is 5.11 Å². The smallest absolute Gasteiger partial charge is 0.0651 e. The van der Waals surface area contributed by atoms with Gasteiger partial charge in [0.05, 0.1) is 5.60 Å². The van der Waals surface area contributed by atoms with Crippen LogP contribution in [0.15, 0.2) is 24.3 Å². The molecule has 0 saturated carbocycles. The van der Waals surface area contributed by atoms with Gasteiger partial charge < -0.3 is 5.11 Å². The molecule has 1 aromatic carbocycles. The van der Waals surface area contributed by atoms with Crippen molar-refractivity contribution in [2.75, 3.05) is 0 Å². The summed E-state index contributed by atoms with van der Waals surface area (Å²) in [5.41, 5.74) is 2.39. The summed E-state index contributed by atoms with van der Waals surface area (Å²) in [6.07, 6.45) is 12.1. The van der Waals surface area contributed by atoms with Crippen LogP contribution in [0.5, 0.6) is 0 Å². The second-order valence-corrected chi connectivity index (χ2v) is 6.85. The summed E-state index contributed by atoms with van der Waals surface area (Å²) in [7, 11) is 0. The minimum atomic E-state index is -0.453. The number of aryl methyl sites for hydroxylation is 2. The molecule has 1 nitrogen and oxygen atoms in total. The maximum Gasteiger partial charge on any atom is 0.0651 e. The Labute approximate surface area is 138 Å². The summed E-state index contributed by atoms with van der Waals surface area (Å²) in [5, 5.41) is 10.9. The van der Waals surface area contributed by atoms with Crippen LogP contribution in [0, 0.1) is 0 Å². The highest BCUT2D eigenvalue weighted by molar-refractivity contribution is 5.24. The first-order chi connectivity index (χ1) is 10.6. The molecule has 1 N–H and O–H groups in total. The van der Waals surface area contributed by atoms with E-state index >= 15 is 0 Å². The van der Waals surface area contributed by atoms with Crippen LogP contribution < -0.4 is 0 Å². The molecule has 0 saturated heterocycles. The van der Waals surface area contributed by atoms with Gasteiger partial charge in [-0.05, 0) is 49.7 Å². The van der Waals surface area contributed by atoms with Crippen LogP contribution >= 0.6 is 0 Å². The Hall–Kier alpha value is -0.820. The van der Waals surface area contributed by atoms with Gasteiger partial charge in [-0.3, -0.25) is 0 Å². The Bertz CT molecular complexity index is 389. The van der Waals surface area contributed by atoms with Crippen molar-refractivity contribution in [2.24, 2.45) is 0 Å². The average Bonchev–Trinajstić information content (AvgIpc) is 2.55. The zero-order chi connectivity index (χ0) is 16.3. The lowest BCUT2D eigenvalue weighted by Crippen LogP contribution is -2.29. The highest BCUT2D eigenvalue weighted by atomic mass is 16.3. The Morgan fingerprint density at radius 1 is 0.773 bits per heavy atom. The van der Waals surface area contributed by atoms with Gasteiger partial charge in [0.2, 0.25) is 0 Å². The van der Waals surface area contributed by atoms with Crippen molar-refractivity contribution in [3.63, 3.8) is 0 Å². The number of benzene rings is 1. The molecule has 0 atom stereocenters. The van der Waals surface area contributed by atoms with Crippen LogP contribution in [0.2, 0.25) is 0 Å². The zero-order valence-corrected chi connectivity index (χ0v) is 15.0. The van der Waals surface area contributed by atoms with Gasteiger partial charge in [-0.1, -0.05) is 77.1 Å². The predicted octanol–water partition coefficient (Wildman–Crippen LogP) is 6.07. The van der Waals surface area contributed by atoms with Gasteiger partial charge in [0.1, 0.15) is 0 Å². The highest BCUT2D eigenvalue weighted by Crippen LogP contribution is 2.27. The Balaban J connectivity index is 2.59. The fourth-order valence-corrected chi connectivity index (χ4v) is 3.09. The molecule has 0 aliphatic carbocycles. The molecular formula is C21H36O. The second-order valence-electron chi connectivity index (χ2n) is 6.85. The van der Waals surface area contributed by atoms with Crippen molar-refractivity contribution in [1.29, 1.82) is 0 Å². The first kappa shape index (κ1) is 19.2. The summed E-state index contributed by atoms with van der Waals surface area (Å²) in [4.78, 5) is 0. The summed E-state index contributed by atoms with van der Waals surface area (Å²) in [6, 6.07) is 8.97. The standard InChI is InChI=1S/C21H36O/c1-4-7-11-19-12-10-13-20(18-19)14-17-21(22,15-8-5-2)16-9-6-3/h10,12-13,18,22H,4-9,11,14-17H2,1-3H3. The molecule has 22 heavy (non-hydrogen) atoms. The van der Waals surface area contributed by atoms with Gasteiger partial charge in [-0.2, -0.15) is 0 Å². The third kappa shape index (κ3) is 7.45. The molecule has 1 rings (SSSR count). The minimum absolute atomic E-state index is 0.453. The molecule has 0 spiro atoms. The molecule has 1 heteroatoms. The summed E-state index contributed by atoms with van der Waals surface area (Å²) in [6.45, 7) is 6.65. The number of hydrogen-bond acceptors (Lipinski definition) is 1. The van der Waals surface area contributed by atoms with E-state index in [1.54, 1.807) is 0 Å². The van der Waals surface area contributed by atoms with Crippen molar-refractivity contribution >= 4 is 0 Å². The van der Waals surface area contributed by atoms with Crippen LogP contribution in [0.25, 0.3) is 0 Å². The van der Waals surface area contributed by atoms with Crippen LogP contribution in [0.4, 0.5) is 0 Å². The molecule has 0 aromatic heterocycles. The van der Waals surface area contributed by atoms with Gasteiger partial charge in [0, 0.05) is 0 Å². The van der Waals surface area contributed by atoms with E-state index < -0.39 is 5.60 Å². The lowest BCUT2D eigenvalue weighted by Gasteiger charge is -2.28. The molecule has 0 unspecified atom stereocenters. The van der Waals surface area contributed by atoms with E-state index in [4.69, 9.17) is 0 Å². The number of unbranched alkanes of at least 4 members (excludes halogenated alkanes) is 3. The fraction of sp³-hybridized carbons (Fsp3) is 0.714. The van der Waals surface area contributed by atoms with Crippen molar-refractivity contribution in [3.05, 3.63) is 35.4 Å². The van der Waals surface area contributed by atoms with Crippen molar-refractivity contribution in [1.82, 2.24) is 0 Å². The van der Waals surface area contributed by atoms with Gasteiger partial charge in [-0.25, -0.2) is 0 Å². The Morgan fingerprint density at radius 2 is 1.32 bits per heavy atom. The van der Waals surface area contributed by atoms with Crippen LogP contribution in [0.1, 0.15) is 89.7 Å². The number of aliphatic hydroxyl groups is 1. The maximum atomic E-state index is 10.9. The van der Waals surface area contributed by atoms with E-state index in [-0.39, 0.29) is 0 Å². The number of hydrogen-bond donors (Lipinski definition) is 1. The molecule has 126 valence electrons. The van der Waals surface area contributed by atoms with Gasteiger partial charge in [-0.15, -0.1) is 0 Å². The third-order valence-electron chi connectivity index (χ3n) is 4.68. The third-order valence-corrected chi connectivity index (χ3v) is 4.68. The monoisotopic (exact) mass is 304 g/mol. The molecule has 0 aliphatic rings. The molecule has 0 fully saturated rings. The summed E-state index contributed by atoms with van der Waals surface area (Å²) in [5.74, 6) is 0.